The van der Waals surface area contributed by atoms with Crippen molar-refractivity contribution < 1.29 is 13.7 Å². The molecule has 0 unspecified atom stereocenters. The number of piperidine rings is 1. The van der Waals surface area contributed by atoms with Gasteiger partial charge >= 0.3 is 0 Å². The first kappa shape index (κ1) is 14.8. The summed E-state index contributed by atoms with van der Waals surface area (Å²) in [5, 5.41) is 3.96. The third-order valence-corrected chi connectivity index (χ3v) is 4.12. The lowest BCUT2D eigenvalue weighted by molar-refractivity contribution is 0.0559. The maximum absolute atomic E-state index is 12.9. The molecule has 6 nitrogen and oxygen atoms in total. The number of amides is 1. The maximum Gasteiger partial charge on any atom is 0.258 e. The van der Waals surface area contributed by atoms with Crippen molar-refractivity contribution in [2.75, 3.05) is 6.54 Å². The highest BCUT2D eigenvalue weighted by Crippen LogP contribution is 2.32. The SMILES string of the molecule is CCc1noc([C@@H]2CCCCN2C(=O)c2cc(C)oc2C)n1. The van der Waals surface area contributed by atoms with Crippen LogP contribution in [-0.2, 0) is 6.42 Å². The van der Waals surface area contributed by atoms with E-state index in [-0.39, 0.29) is 11.9 Å². The molecule has 6 heteroatoms. The summed E-state index contributed by atoms with van der Waals surface area (Å²) >= 11 is 0. The van der Waals surface area contributed by atoms with Crippen LogP contribution in [0.25, 0.3) is 0 Å². The Morgan fingerprint density at radius 1 is 1.41 bits per heavy atom. The Bertz CT molecular complexity index is 674. The van der Waals surface area contributed by atoms with Crippen LogP contribution in [0.4, 0.5) is 0 Å². The van der Waals surface area contributed by atoms with E-state index in [2.05, 4.69) is 10.1 Å². The smallest absolute Gasteiger partial charge is 0.258 e. The summed E-state index contributed by atoms with van der Waals surface area (Å²) in [6.07, 6.45) is 3.63. The molecule has 3 rings (SSSR count). The van der Waals surface area contributed by atoms with Crippen molar-refractivity contribution in [2.24, 2.45) is 0 Å². The molecule has 3 heterocycles. The molecule has 0 N–H and O–H groups in total. The molecular weight excluding hydrogens is 282 g/mol. The second-order valence-corrected chi connectivity index (χ2v) is 5.74. The van der Waals surface area contributed by atoms with E-state index < -0.39 is 0 Å². The summed E-state index contributed by atoms with van der Waals surface area (Å²) in [6.45, 7) is 6.36. The molecule has 1 saturated heterocycles. The Balaban J connectivity index is 1.89. The van der Waals surface area contributed by atoms with Gasteiger partial charge in [-0.05, 0) is 39.2 Å². The molecule has 118 valence electrons. The Labute approximate surface area is 129 Å². The summed E-state index contributed by atoms with van der Waals surface area (Å²) in [4.78, 5) is 19.1. The number of furan rings is 1. The van der Waals surface area contributed by atoms with Crippen molar-refractivity contribution in [1.82, 2.24) is 15.0 Å². The average Bonchev–Trinajstić information content (AvgIpc) is 3.13. The van der Waals surface area contributed by atoms with Crippen LogP contribution >= 0.6 is 0 Å². The third kappa shape index (κ3) is 2.65. The van der Waals surface area contributed by atoms with Crippen molar-refractivity contribution in [2.45, 2.75) is 52.5 Å². The van der Waals surface area contributed by atoms with Gasteiger partial charge in [-0.25, -0.2) is 0 Å². The predicted molar refractivity (Wildman–Crippen MR) is 79.5 cm³/mol. The predicted octanol–water partition coefficient (Wildman–Crippen LogP) is 3.21. The molecule has 0 aromatic carbocycles. The van der Waals surface area contributed by atoms with Crippen LogP contribution < -0.4 is 0 Å². The Morgan fingerprint density at radius 2 is 2.23 bits per heavy atom. The number of carbonyl (C=O) groups is 1. The van der Waals surface area contributed by atoms with Crippen LogP contribution in [0, 0.1) is 13.8 Å². The summed E-state index contributed by atoms with van der Waals surface area (Å²) in [6, 6.07) is 1.66. The van der Waals surface area contributed by atoms with Crippen LogP contribution in [0.5, 0.6) is 0 Å². The lowest BCUT2D eigenvalue weighted by Crippen LogP contribution is -2.38. The van der Waals surface area contributed by atoms with Crippen molar-refractivity contribution in [3.05, 3.63) is 34.9 Å². The van der Waals surface area contributed by atoms with Gasteiger partial charge in [-0.1, -0.05) is 12.1 Å². The number of likely N-dealkylation sites (tertiary alicyclic amines) is 1. The van der Waals surface area contributed by atoms with Gasteiger partial charge in [-0.2, -0.15) is 4.98 Å². The van der Waals surface area contributed by atoms with Gasteiger partial charge in [0.25, 0.3) is 5.91 Å². The van der Waals surface area contributed by atoms with E-state index in [9.17, 15) is 4.79 Å². The van der Waals surface area contributed by atoms with E-state index in [4.69, 9.17) is 8.94 Å². The van der Waals surface area contributed by atoms with E-state index in [0.29, 0.717) is 29.6 Å². The Morgan fingerprint density at radius 3 is 2.86 bits per heavy atom. The number of rotatable bonds is 3. The molecular formula is C16H21N3O3. The summed E-state index contributed by atoms with van der Waals surface area (Å²) < 4.78 is 10.9. The monoisotopic (exact) mass is 303 g/mol. The minimum atomic E-state index is -0.136. The van der Waals surface area contributed by atoms with E-state index in [1.54, 1.807) is 6.07 Å². The fourth-order valence-corrected chi connectivity index (χ4v) is 2.98. The molecule has 1 aliphatic heterocycles. The van der Waals surface area contributed by atoms with Crippen LogP contribution in [0.2, 0.25) is 0 Å². The van der Waals surface area contributed by atoms with Crippen LogP contribution in [-0.4, -0.2) is 27.5 Å². The standard InChI is InChI=1S/C16H21N3O3/c1-4-14-17-15(22-18-14)13-7-5-6-8-19(13)16(20)12-9-10(2)21-11(12)3/h9,13H,4-8H2,1-3H3/t13-/m0/s1. The lowest BCUT2D eigenvalue weighted by Gasteiger charge is -2.33. The van der Waals surface area contributed by atoms with Gasteiger partial charge in [-0.3, -0.25) is 4.79 Å². The molecule has 22 heavy (non-hydrogen) atoms. The molecule has 1 amide bonds. The highest BCUT2D eigenvalue weighted by Gasteiger charge is 2.33. The number of aromatic nitrogens is 2. The second kappa shape index (κ2) is 5.94. The molecule has 2 aromatic heterocycles. The van der Waals surface area contributed by atoms with Gasteiger partial charge in [0.05, 0.1) is 5.56 Å². The second-order valence-electron chi connectivity index (χ2n) is 5.74. The van der Waals surface area contributed by atoms with Crippen LogP contribution in [0.15, 0.2) is 15.0 Å². The molecule has 2 aromatic rings. The molecule has 0 spiro atoms. The van der Waals surface area contributed by atoms with E-state index >= 15 is 0 Å². The number of hydrogen-bond acceptors (Lipinski definition) is 5. The molecule has 0 bridgehead atoms. The zero-order valence-corrected chi connectivity index (χ0v) is 13.3. The minimum absolute atomic E-state index is 0.0182. The summed E-state index contributed by atoms with van der Waals surface area (Å²) in [5.41, 5.74) is 0.625. The highest BCUT2D eigenvalue weighted by molar-refractivity contribution is 5.95. The first-order valence-electron chi connectivity index (χ1n) is 7.80. The maximum atomic E-state index is 12.9. The molecule has 0 radical (unpaired) electrons. The fourth-order valence-electron chi connectivity index (χ4n) is 2.98. The van der Waals surface area contributed by atoms with Gasteiger partial charge in [0, 0.05) is 13.0 Å². The fraction of sp³-hybridized carbons (Fsp3) is 0.562. The first-order chi connectivity index (χ1) is 10.6. The number of nitrogens with zero attached hydrogens (tertiary/aromatic N) is 3. The van der Waals surface area contributed by atoms with Crippen molar-refractivity contribution >= 4 is 5.91 Å². The van der Waals surface area contributed by atoms with Gasteiger partial charge < -0.3 is 13.8 Å². The number of hydrogen-bond donors (Lipinski definition) is 0. The number of aryl methyl sites for hydroxylation is 3. The Hall–Kier alpha value is -2.11. The topological polar surface area (TPSA) is 72.4 Å². The summed E-state index contributed by atoms with van der Waals surface area (Å²) in [7, 11) is 0. The van der Waals surface area contributed by atoms with Crippen molar-refractivity contribution in [3.63, 3.8) is 0 Å². The van der Waals surface area contributed by atoms with Crippen LogP contribution in [0.3, 0.4) is 0 Å². The molecule has 1 aliphatic rings. The van der Waals surface area contributed by atoms with E-state index in [1.165, 1.54) is 0 Å². The molecule has 1 fully saturated rings. The van der Waals surface area contributed by atoms with Crippen molar-refractivity contribution in [3.8, 4) is 0 Å². The van der Waals surface area contributed by atoms with Crippen LogP contribution in [0.1, 0.15) is 65.8 Å². The quantitative estimate of drug-likeness (QED) is 0.870. The Kier molecular flexibility index (Phi) is 4.00. The van der Waals surface area contributed by atoms with Gasteiger partial charge in [-0.15, -0.1) is 0 Å². The van der Waals surface area contributed by atoms with Crippen molar-refractivity contribution in [1.29, 1.82) is 0 Å². The largest absolute Gasteiger partial charge is 0.466 e. The first-order valence-corrected chi connectivity index (χ1v) is 7.80. The minimum Gasteiger partial charge on any atom is -0.466 e. The molecule has 0 aliphatic carbocycles. The normalized spacial score (nSPS) is 18.7. The third-order valence-electron chi connectivity index (χ3n) is 4.12. The van der Waals surface area contributed by atoms with Gasteiger partial charge in [0.1, 0.15) is 17.6 Å². The zero-order chi connectivity index (χ0) is 15.7. The summed E-state index contributed by atoms with van der Waals surface area (Å²) in [5.74, 6) is 2.62. The van der Waals surface area contributed by atoms with E-state index in [0.717, 1.165) is 31.4 Å². The van der Waals surface area contributed by atoms with E-state index in [1.807, 2.05) is 25.7 Å². The molecule has 1 atom stereocenters. The molecule has 0 saturated carbocycles. The zero-order valence-electron chi connectivity index (χ0n) is 13.3. The number of carbonyl (C=O) groups excluding carboxylic acids is 1. The lowest BCUT2D eigenvalue weighted by atomic mass is 10.0. The van der Waals surface area contributed by atoms with Gasteiger partial charge in [0.15, 0.2) is 5.82 Å². The average molecular weight is 303 g/mol. The highest BCUT2D eigenvalue weighted by atomic mass is 16.5. The van der Waals surface area contributed by atoms with Gasteiger partial charge in [0.2, 0.25) is 5.89 Å².